The maximum atomic E-state index is 6.14. The van der Waals surface area contributed by atoms with Gasteiger partial charge in [0.1, 0.15) is 11.4 Å². The van der Waals surface area contributed by atoms with Crippen LogP contribution in [-0.2, 0) is 0 Å². The molecule has 3 aliphatic rings. The highest BCUT2D eigenvalue weighted by atomic mass is 127. The van der Waals surface area contributed by atoms with Crippen LogP contribution in [0.3, 0.4) is 0 Å². The minimum absolute atomic E-state index is 0. The summed E-state index contributed by atoms with van der Waals surface area (Å²) in [7, 11) is 1.86. The van der Waals surface area contributed by atoms with Gasteiger partial charge >= 0.3 is 0 Å². The van der Waals surface area contributed by atoms with Gasteiger partial charge in [-0.15, -0.1) is 24.0 Å². The molecule has 2 heterocycles. The number of para-hydroxylation sites is 1. The SMILES string of the molecule is CN=C(NCC1CCN(C2CC2)C1)NC1CC(C)(C)Oc2ccccc21.I. The molecule has 1 aromatic carbocycles. The molecule has 2 unspecified atom stereocenters. The molecule has 6 heteroatoms. The van der Waals surface area contributed by atoms with E-state index in [0.29, 0.717) is 0 Å². The van der Waals surface area contributed by atoms with Crippen molar-refractivity contribution in [2.75, 3.05) is 26.7 Å². The lowest BCUT2D eigenvalue weighted by atomic mass is 9.90. The topological polar surface area (TPSA) is 48.9 Å². The Hall–Kier alpha value is -1.02. The summed E-state index contributed by atoms with van der Waals surface area (Å²) in [5.74, 6) is 2.60. The molecule has 2 atom stereocenters. The molecule has 4 rings (SSSR count). The summed E-state index contributed by atoms with van der Waals surface area (Å²) in [6.07, 6.45) is 5.03. The van der Waals surface area contributed by atoms with Crippen molar-refractivity contribution in [1.82, 2.24) is 15.5 Å². The molecule has 150 valence electrons. The Bertz CT molecular complexity index is 674. The Labute approximate surface area is 180 Å². The molecule has 0 radical (unpaired) electrons. The lowest BCUT2D eigenvalue weighted by Gasteiger charge is -2.38. The first kappa shape index (κ1) is 20.7. The van der Waals surface area contributed by atoms with Gasteiger partial charge in [0.2, 0.25) is 0 Å². The van der Waals surface area contributed by atoms with Crippen LogP contribution in [0.4, 0.5) is 0 Å². The molecular weight excluding hydrogens is 451 g/mol. The summed E-state index contributed by atoms with van der Waals surface area (Å²) in [4.78, 5) is 7.14. The van der Waals surface area contributed by atoms with Gasteiger partial charge in [-0.25, -0.2) is 0 Å². The summed E-state index contributed by atoms with van der Waals surface area (Å²) in [5.41, 5.74) is 1.04. The highest BCUT2D eigenvalue weighted by molar-refractivity contribution is 14.0. The molecule has 27 heavy (non-hydrogen) atoms. The minimum atomic E-state index is -0.179. The van der Waals surface area contributed by atoms with E-state index in [0.717, 1.165) is 36.6 Å². The van der Waals surface area contributed by atoms with E-state index < -0.39 is 0 Å². The van der Waals surface area contributed by atoms with E-state index in [-0.39, 0.29) is 35.6 Å². The molecule has 1 saturated carbocycles. The monoisotopic (exact) mass is 484 g/mol. The van der Waals surface area contributed by atoms with Gasteiger partial charge in [-0.1, -0.05) is 18.2 Å². The van der Waals surface area contributed by atoms with Gasteiger partial charge in [-0.3, -0.25) is 4.99 Å². The molecule has 0 bridgehead atoms. The molecule has 0 aromatic heterocycles. The molecule has 1 aromatic rings. The molecule has 1 saturated heterocycles. The number of hydrogen-bond acceptors (Lipinski definition) is 3. The number of likely N-dealkylation sites (tertiary alicyclic amines) is 1. The van der Waals surface area contributed by atoms with Crippen molar-refractivity contribution in [1.29, 1.82) is 0 Å². The number of fused-ring (bicyclic) bond motifs is 1. The van der Waals surface area contributed by atoms with E-state index in [9.17, 15) is 0 Å². The van der Waals surface area contributed by atoms with Gasteiger partial charge in [0.25, 0.3) is 0 Å². The summed E-state index contributed by atoms with van der Waals surface area (Å²) in [6, 6.07) is 9.43. The number of benzene rings is 1. The zero-order chi connectivity index (χ0) is 18.1. The molecule has 5 nitrogen and oxygen atoms in total. The fraction of sp³-hybridized carbons (Fsp3) is 0.667. The van der Waals surface area contributed by atoms with Crippen molar-refractivity contribution in [2.24, 2.45) is 10.9 Å². The van der Waals surface area contributed by atoms with Crippen LogP contribution < -0.4 is 15.4 Å². The number of guanidine groups is 1. The number of halogens is 1. The van der Waals surface area contributed by atoms with Crippen molar-refractivity contribution in [3.8, 4) is 5.75 Å². The Balaban J connectivity index is 0.00000210. The third-order valence-corrected chi connectivity index (χ3v) is 5.85. The van der Waals surface area contributed by atoms with Crippen LogP contribution in [-0.4, -0.2) is 49.2 Å². The zero-order valence-electron chi connectivity index (χ0n) is 16.7. The van der Waals surface area contributed by atoms with Crippen LogP contribution in [0.15, 0.2) is 29.3 Å². The van der Waals surface area contributed by atoms with Gasteiger partial charge in [0.15, 0.2) is 5.96 Å². The Morgan fingerprint density at radius 3 is 2.78 bits per heavy atom. The van der Waals surface area contributed by atoms with Crippen molar-refractivity contribution in [3.63, 3.8) is 0 Å². The average molecular weight is 484 g/mol. The second-order valence-corrected chi connectivity index (χ2v) is 8.63. The van der Waals surface area contributed by atoms with E-state index in [2.05, 4.69) is 52.6 Å². The molecular formula is C21H33IN4O. The summed E-state index contributed by atoms with van der Waals surface area (Å²) < 4.78 is 6.14. The summed E-state index contributed by atoms with van der Waals surface area (Å²) in [6.45, 7) is 7.81. The number of rotatable bonds is 4. The van der Waals surface area contributed by atoms with Crippen molar-refractivity contribution >= 4 is 29.9 Å². The van der Waals surface area contributed by atoms with E-state index in [1.54, 1.807) is 0 Å². The molecule has 0 spiro atoms. The quantitative estimate of drug-likeness (QED) is 0.390. The van der Waals surface area contributed by atoms with E-state index in [1.165, 1.54) is 37.9 Å². The second-order valence-electron chi connectivity index (χ2n) is 8.63. The van der Waals surface area contributed by atoms with Gasteiger partial charge in [-0.2, -0.15) is 0 Å². The number of nitrogens with zero attached hydrogens (tertiary/aromatic N) is 2. The molecule has 2 N–H and O–H groups in total. The van der Waals surface area contributed by atoms with Gasteiger partial charge in [-0.05, 0) is 51.6 Å². The third kappa shape index (κ3) is 5.08. The van der Waals surface area contributed by atoms with E-state index in [1.807, 2.05) is 13.1 Å². The van der Waals surface area contributed by atoms with Crippen LogP contribution in [0.5, 0.6) is 5.75 Å². The largest absolute Gasteiger partial charge is 0.487 e. The Morgan fingerprint density at radius 1 is 1.26 bits per heavy atom. The summed E-state index contributed by atoms with van der Waals surface area (Å²) >= 11 is 0. The smallest absolute Gasteiger partial charge is 0.191 e. The predicted octanol–water partition coefficient (Wildman–Crippen LogP) is 3.56. The van der Waals surface area contributed by atoms with Crippen LogP contribution in [0.25, 0.3) is 0 Å². The maximum absolute atomic E-state index is 6.14. The molecule has 1 aliphatic carbocycles. The van der Waals surface area contributed by atoms with Crippen LogP contribution >= 0.6 is 24.0 Å². The molecule has 0 amide bonds. The second kappa shape index (κ2) is 8.55. The van der Waals surface area contributed by atoms with Crippen molar-refractivity contribution < 1.29 is 4.74 Å². The number of ether oxygens (including phenoxy) is 1. The minimum Gasteiger partial charge on any atom is -0.487 e. The lowest BCUT2D eigenvalue weighted by molar-refractivity contribution is 0.0694. The van der Waals surface area contributed by atoms with E-state index in [4.69, 9.17) is 4.74 Å². The predicted molar refractivity (Wildman–Crippen MR) is 121 cm³/mol. The normalized spacial score (nSPS) is 27.3. The highest BCUT2D eigenvalue weighted by Crippen LogP contribution is 2.39. The van der Waals surface area contributed by atoms with Crippen LogP contribution in [0.2, 0.25) is 0 Å². The first-order valence-corrected chi connectivity index (χ1v) is 10.0. The van der Waals surface area contributed by atoms with Crippen molar-refractivity contribution in [3.05, 3.63) is 29.8 Å². The fourth-order valence-corrected chi connectivity index (χ4v) is 4.33. The first-order chi connectivity index (χ1) is 12.5. The van der Waals surface area contributed by atoms with Crippen LogP contribution in [0, 0.1) is 5.92 Å². The van der Waals surface area contributed by atoms with Crippen LogP contribution in [0.1, 0.15) is 51.1 Å². The van der Waals surface area contributed by atoms with Gasteiger partial charge < -0.3 is 20.3 Å². The Kier molecular flexibility index (Phi) is 6.56. The first-order valence-electron chi connectivity index (χ1n) is 10.0. The van der Waals surface area contributed by atoms with Crippen molar-refractivity contribution in [2.45, 2.75) is 57.2 Å². The maximum Gasteiger partial charge on any atom is 0.191 e. The average Bonchev–Trinajstić information content (AvgIpc) is 3.36. The zero-order valence-corrected chi connectivity index (χ0v) is 19.0. The van der Waals surface area contributed by atoms with Gasteiger partial charge in [0.05, 0.1) is 6.04 Å². The Morgan fingerprint density at radius 2 is 2.04 bits per heavy atom. The molecule has 2 aliphatic heterocycles. The third-order valence-electron chi connectivity index (χ3n) is 5.85. The fourth-order valence-electron chi connectivity index (χ4n) is 4.33. The molecule has 2 fully saturated rings. The number of hydrogen-bond donors (Lipinski definition) is 2. The van der Waals surface area contributed by atoms with E-state index >= 15 is 0 Å². The summed E-state index contributed by atoms with van der Waals surface area (Å²) in [5, 5.41) is 7.20. The van der Waals surface area contributed by atoms with Gasteiger partial charge in [0, 0.05) is 38.2 Å². The highest BCUT2D eigenvalue weighted by Gasteiger charge is 2.35. The number of nitrogens with one attached hydrogen (secondary N) is 2. The lowest BCUT2D eigenvalue weighted by Crippen LogP contribution is -2.46. The standard InChI is InChI=1S/C21H32N4O.HI/c1-21(2)12-18(17-6-4-5-7-19(17)26-21)24-20(22-3)23-13-15-10-11-25(14-15)16-8-9-16;/h4-7,15-16,18H,8-14H2,1-3H3,(H2,22,23,24);1H. The number of aliphatic imine (C=N–C) groups is 1.